The zero-order valence-corrected chi connectivity index (χ0v) is 14.9. The minimum Gasteiger partial charge on any atom is -0.322 e. The minimum atomic E-state index is -0.194. The Morgan fingerprint density at radius 3 is 1.81 bits per heavy atom. The van der Waals surface area contributed by atoms with Gasteiger partial charge in [0.15, 0.2) is 5.78 Å². The standard InChI is InChI=1S/C23H21NO2/c1-16(2)17-12-14-21(15-13-17)24-23(26)20-10-8-19(9-11-20)22(25)18-6-4-3-5-7-18/h3-16H,1-2H3,(H,24,26). The predicted molar refractivity (Wildman–Crippen MR) is 105 cm³/mol. The summed E-state index contributed by atoms with van der Waals surface area (Å²) in [6.45, 7) is 4.26. The molecular formula is C23H21NO2. The molecule has 0 atom stereocenters. The van der Waals surface area contributed by atoms with Crippen LogP contribution in [0.4, 0.5) is 5.69 Å². The predicted octanol–water partition coefficient (Wildman–Crippen LogP) is 5.29. The molecule has 3 aromatic rings. The van der Waals surface area contributed by atoms with Crippen LogP contribution in [0, 0.1) is 0 Å². The van der Waals surface area contributed by atoms with Gasteiger partial charge in [0.05, 0.1) is 0 Å². The highest BCUT2D eigenvalue weighted by Gasteiger charge is 2.11. The van der Waals surface area contributed by atoms with Gasteiger partial charge in [-0.15, -0.1) is 0 Å². The molecule has 0 fully saturated rings. The fourth-order valence-corrected chi connectivity index (χ4v) is 2.68. The van der Waals surface area contributed by atoms with Crippen molar-refractivity contribution >= 4 is 17.4 Å². The first-order valence-corrected chi connectivity index (χ1v) is 8.66. The molecule has 0 saturated heterocycles. The maximum atomic E-state index is 12.4. The molecule has 3 rings (SSSR count). The van der Waals surface area contributed by atoms with E-state index < -0.39 is 0 Å². The number of carbonyl (C=O) groups excluding carboxylic acids is 2. The van der Waals surface area contributed by atoms with Crippen molar-refractivity contribution in [3.63, 3.8) is 0 Å². The molecule has 1 N–H and O–H groups in total. The summed E-state index contributed by atoms with van der Waals surface area (Å²) in [5, 5.41) is 2.88. The quantitative estimate of drug-likeness (QED) is 0.640. The molecule has 0 bridgehead atoms. The Hall–Kier alpha value is -3.20. The van der Waals surface area contributed by atoms with Crippen LogP contribution in [-0.4, -0.2) is 11.7 Å². The first kappa shape index (κ1) is 17.6. The van der Waals surface area contributed by atoms with Gasteiger partial charge in [0.25, 0.3) is 5.91 Å². The van der Waals surface area contributed by atoms with Crippen LogP contribution in [0.5, 0.6) is 0 Å². The molecule has 0 radical (unpaired) electrons. The zero-order valence-electron chi connectivity index (χ0n) is 14.9. The van der Waals surface area contributed by atoms with E-state index in [0.29, 0.717) is 22.6 Å². The van der Waals surface area contributed by atoms with E-state index in [2.05, 4.69) is 19.2 Å². The summed E-state index contributed by atoms with van der Waals surface area (Å²) in [7, 11) is 0. The second kappa shape index (κ2) is 7.79. The number of rotatable bonds is 5. The Morgan fingerprint density at radius 1 is 0.692 bits per heavy atom. The van der Waals surface area contributed by atoms with Gasteiger partial charge in [0, 0.05) is 22.4 Å². The fraction of sp³-hybridized carbons (Fsp3) is 0.130. The van der Waals surface area contributed by atoms with Crippen LogP contribution in [0.1, 0.15) is 51.6 Å². The van der Waals surface area contributed by atoms with E-state index >= 15 is 0 Å². The van der Waals surface area contributed by atoms with E-state index in [1.807, 2.05) is 42.5 Å². The molecule has 0 aliphatic carbocycles. The molecule has 0 heterocycles. The van der Waals surface area contributed by atoms with Gasteiger partial charge in [-0.25, -0.2) is 0 Å². The lowest BCUT2D eigenvalue weighted by molar-refractivity contribution is 0.102. The summed E-state index contributed by atoms with van der Waals surface area (Å²) in [4.78, 5) is 24.8. The molecule has 3 nitrogen and oxygen atoms in total. The average molecular weight is 343 g/mol. The van der Waals surface area contributed by atoms with Gasteiger partial charge >= 0.3 is 0 Å². The largest absolute Gasteiger partial charge is 0.322 e. The number of benzene rings is 3. The van der Waals surface area contributed by atoms with Gasteiger partial charge in [0.1, 0.15) is 0 Å². The molecule has 0 saturated carbocycles. The van der Waals surface area contributed by atoms with E-state index in [0.717, 1.165) is 5.69 Å². The molecule has 0 aliphatic heterocycles. The van der Waals surface area contributed by atoms with Crippen molar-refractivity contribution in [3.05, 3.63) is 101 Å². The molecule has 0 spiro atoms. The molecule has 1 amide bonds. The van der Waals surface area contributed by atoms with Crippen LogP contribution in [-0.2, 0) is 0 Å². The SMILES string of the molecule is CC(C)c1ccc(NC(=O)c2ccc(C(=O)c3ccccc3)cc2)cc1. The zero-order chi connectivity index (χ0) is 18.5. The minimum absolute atomic E-state index is 0.0539. The van der Waals surface area contributed by atoms with Gasteiger partial charge in [-0.1, -0.05) is 68.4 Å². The van der Waals surface area contributed by atoms with Crippen molar-refractivity contribution in [2.75, 3.05) is 5.32 Å². The lowest BCUT2D eigenvalue weighted by atomic mass is 10.0. The molecule has 3 aromatic carbocycles. The Bertz CT molecular complexity index is 895. The molecule has 0 aromatic heterocycles. The molecule has 0 unspecified atom stereocenters. The summed E-state index contributed by atoms with van der Waals surface area (Å²) in [6.07, 6.45) is 0. The number of hydrogen-bond acceptors (Lipinski definition) is 2. The highest BCUT2D eigenvalue weighted by molar-refractivity contribution is 6.10. The third kappa shape index (κ3) is 4.06. The highest BCUT2D eigenvalue weighted by Crippen LogP contribution is 2.18. The summed E-state index contributed by atoms with van der Waals surface area (Å²) in [5.74, 6) is 0.206. The van der Waals surface area contributed by atoms with Crippen LogP contribution in [0.2, 0.25) is 0 Å². The van der Waals surface area contributed by atoms with Crippen LogP contribution in [0.3, 0.4) is 0 Å². The van der Waals surface area contributed by atoms with E-state index in [1.54, 1.807) is 36.4 Å². The maximum absolute atomic E-state index is 12.4. The lowest BCUT2D eigenvalue weighted by Crippen LogP contribution is -2.12. The molecule has 26 heavy (non-hydrogen) atoms. The van der Waals surface area contributed by atoms with E-state index in [4.69, 9.17) is 0 Å². The topological polar surface area (TPSA) is 46.2 Å². The Kier molecular flexibility index (Phi) is 5.28. The normalized spacial score (nSPS) is 10.6. The van der Waals surface area contributed by atoms with Crippen molar-refractivity contribution < 1.29 is 9.59 Å². The van der Waals surface area contributed by atoms with Crippen LogP contribution in [0.25, 0.3) is 0 Å². The van der Waals surface area contributed by atoms with Gasteiger partial charge in [-0.3, -0.25) is 9.59 Å². The summed E-state index contributed by atoms with van der Waals surface area (Å²) >= 11 is 0. The van der Waals surface area contributed by atoms with Crippen LogP contribution in [0.15, 0.2) is 78.9 Å². The lowest BCUT2D eigenvalue weighted by Gasteiger charge is -2.09. The number of carbonyl (C=O) groups is 2. The van der Waals surface area contributed by atoms with Crippen LogP contribution < -0.4 is 5.32 Å². The Morgan fingerprint density at radius 2 is 1.23 bits per heavy atom. The van der Waals surface area contributed by atoms with E-state index in [-0.39, 0.29) is 11.7 Å². The Balaban J connectivity index is 1.70. The van der Waals surface area contributed by atoms with Crippen molar-refractivity contribution in [3.8, 4) is 0 Å². The van der Waals surface area contributed by atoms with Gasteiger partial charge in [-0.05, 0) is 35.7 Å². The van der Waals surface area contributed by atoms with E-state index in [9.17, 15) is 9.59 Å². The van der Waals surface area contributed by atoms with Crippen LogP contribution >= 0.6 is 0 Å². The second-order valence-corrected chi connectivity index (χ2v) is 6.50. The number of nitrogens with one attached hydrogen (secondary N) is 1. The van der Waals surface area contributed by atoms with Crippen molar-refractivity contribution in [1.29, 1.82) is 0 Å². The van der Waals surface area contributed by atoms with Crippen molar-refractivity contribution in [2.45, 2.75) is 19.8 Å². The first-order valence-electron chi connectivity index (χ1n) is 8.66. The summed E-state index contributed by atoms with van der Waals surface area (Å²) in [6, 6.07) is 23.7. The third-order valence-electron chi connectivity index (χ3n) is 4.28. The molecule has 130 valence electrons. The van der Waals surface area contributed by atoms with E-state index in [1.165, 1.54) is 5.56 Å². The Labute approximate surface area is 153 Å². The first-order chi connectivity index (χ1) is 12.5. The fourth-order valence-electron chi connectivity index (χ4n) is 2.68. The smallest absolute Gasteiger partial charge is 0.255 e. The number of amides is 1. The van der Waals surface area contributed by atoms with Gasteiger partial charge in [0.2, 0.25) is 0 Å². The third-order valence-corrected chi connectivity index (χ3v) is 4.28. The van der Waals surface area contributed by atoms with Gasteiger partial charge in [-0.2, -0.15) is 0 Å². The molecule has 3 heteroatoms. The number of ketones is 1. The average Bonchev–Trinajstić information content (AvgIpc) is 2.68. The van der Waals surface area contributed by atoms with Crippen molar-refractivity contribution in [1.82, 2.24) is 0 Å². The maximum Gasteiger partial charge on any atom is 0.255 e. The molecule has 0 aliphatic rings. The molecular weight excluding hydrogens is 322 g/mol. The van der Waals surface area contributed by atoms with Crippen molar-refractivity contribution in [2.24, 2.45) is 0 Å². The summed E-state index contributed by atoms with van der Waals surface area (Å²) < 4.78 is 0. The number of anilines is 1. The summed E-state index contributed by atoms with van der Waals surface area (Å²) in [5.41, 5.74) is 3.70. The second-order valence-electron chi connectivity index (χ2n) is 6.50. The highest BCUT2D eigenvalue weighted by atomic mass is 16.1. The monoisotopic (exact) mass is 343 g/mol. The number of hydrogen-bond donors (Lipinski definition) is 1. The van der Waals surface area contributed by atoms with Gasteiger partial charge < -0.3 is 5.32 Å².